The molecule has 1 fully saturated rings. The molecular weight excluding hydrogens is 352 g/mol. The SMILES string of the molecule is Cn1ccnc1SCC1CCN(C(=O)c2nc3ccccc3s2)CC1. The lowest BCUT2D eigenvalue weighted by Gasteiger charge is -2.31. The predicted octanol–water partition coefficient (Wildman–Crippen LogP) is 3.67. The second-order valence-electron chi connectivity index (χ2n) is 6.35. The van der Waals surface area contributed by atoms with Gasteiger partial charge in [-0.2, -0.15) is 0 Å². The molecule has 0 radical (unpaired) electrons. The first-order valence-electron chi connectivity index (χ1n) is 8.45. The van der Waals surface area contributed by atoms with Crippen molar-refractivity contribution in [1.82, 2.24) is 19.4 Å². The molecule has 0 unspecified atom stereocenters. The number of hydrogen-bond donors (Lipinski definition) is 0. The van der Waals surface area contributed by atoms with E-state index >= 15 is 0 Å². The van der Waals surface area contributed by atoms with Crippen molar-refractivity contribution in [2.75, 3.05) is 18.8 Å². The van der Waals surface area contributed by atoms with E-state index in [9.17, 15) is 4.79 Å². The van der Waals surface area contributed by atoms with E-state index in [2.05, 4.69) is 14.5 Å². The molecule has 2 aromatic heterocycles. The Hall–Kier alpha value is -1.86. The van der Waals surface area contributed by atoms with Crippen molar-refractivity contribution in [1.29, 1.82) is 0 Å². The van der Waals surface area contributed by atoms with E-state index < -0.39 is 0 Å². The van der Waals surface area contributed by atoms with Crippen molar-refractivity contribution >= 4 is 39.2 Å². The normalized spacial score (nSPS) is 15.8. The summed E-state index contributed by atoms with van der Waals surface area (Å²) in [4.78, 5) is 23.5. The average molecular weight is 373 g/mol. The Morgan fingerprint density at radius 3 is 2.84 bits per heavy atom. The number of likely N-dealkylation sites (tertiary alicyclic amines) is 1. The molecule has 25 heavy (non-hydrogen) atoms. The first kappa shape index (κ1) is 16.6. The van der Waals surface area contributed by atoms with E-state index in [1.54, 1.807) is 0 Å². The van der Waals surface area contributed by atoms with Gasteiger partial charge in [-0.1, -0.05) is 23.9 Å². The van der Waals surface area contributed by atoms with Crippen LogP contribution in [-0.2, 0) is 7.05 Å². The Kier molecular flexibility index (Phi) is 4.76. The largest absolute Gasteiger partial charge is 0.337 e. The third-order valence-electron chi connectivity index (χ3n) is 4.60. The van der Waals surface area contributed by atoms with E-state index in [0.717, 1.165) is 47.1 Å². The third-order valence-corrected chi connectivity index (χ3v) is 6.92. The number of piperidine rings is 1. The van der Waals surface area contributed by atoms with Crippen LogP contribution in [-0.4, -0.2) is 44.2 Å². The number of para-hydroxylation sites is 1. The van der Waals surface area contributed by atoms with Crippen molar-refractivity contribution in [2.24, 2.45) is 13.0 Å². The minimum atomic E-state index is 0.0800. The van der Waals surface area contributed by atoms with Crippen LogP contribution in [0.1, 0.15) is 22.6 Å². The van der Waals surface area contributed by atoms with Crippen molar-refractivity contribution in [2.45, 2.75) is 18.0 Å². The molecule has 1 aliphatic rings. The second-order valence-corrected chi connectivity index (χ2v) is 8.37. The highest BCUT2D eigenvalue weighted by molar-refractivity contribution is 7.99. The van der Waals surface area contributed by atoms with Gasteiger partial charge in [0.25, 0.3) is 5.91 Å². The third kappa shape index (κ3) is 3.57. The minimum absolute atomic E-state index is 0.0800. The van der Waals surface area contributed by atoms with E-state index in [1.165, 1.54) is 11.3 Å². The highest BCUT2D eigenvalue weighted by atomic mass is 32.2. The zero-order valence-electron chi connectivity index (χ0n) is 14.1. The molecule has 5 nitrogen and oxygen atoms in total. The molecule has 1 aliphatic heterocycles. The summed E-state index contributed by atoms with van der Waals surface area (Å²) in [6.45, 7) is 1.64. The molecule has 1 aromatic carbocycles. The molecular formula is C18H20N4OS2. The highest BCUT2D eigenvalue weighted by Crippen LogP contribution is 2.28. The Morgan fingerprint density at radius 1 is 1.32 bits per heavy atom. The van der Waals surface area contributed by atoms with Gasteiger partial charge in [-0.05, 0) is 30.9 Å². The van der Waals surface area contributed by atoms with E-state index in [1.807, 2.05) is 60.4 Å². The summed E-state index contributed by atoms with van der Waals surface area (Å²) in [5, 5.41) is 1.68. The lowest BCUT2D eigenvalue weighted by molar-refractivity contribution is 0.0698. The fourth-order valence-corrected chi connectivity index (χ4v) is 5.14. The summed E-state index contributed by atoms with van der Waals surface area (Å²) in [7, 11) is 2.02. The predicted molar refractivity (Wildman–Crippen MR) is 102 cm³/mol. The maximum atomic E-state index is 12.7. The lowest BCUT2D eigenvalue weighted by atomic mass is 9.99. The summed E-state index contributed by atoms with van der Waals surface area (Å²) < 4.78 is 3.13. The van der Waals surface area contributed by atoms with Crippen LogP contribution < -0.4 is 0 Å². The monoisotopic (exact) mass is 372 g/mol. The maximum absolute atomic E-state index is 12.7. The van der Waals surface area contributed by atoms with E-state index in [4.69, 9.17) is 0 Å². The van der Waals surface area contributed by atoms with Crippen LogP contribution in [0.4, 0.5) is 0 Å². The Labute approximate surface area is 155 Å². The molecule has 0 saturated carbocycles. The van der Waals surface area contributed by atoms with Gasteiger partial charge in [-0.3, -0.25) is 4.79 Å². The lowest BCUT2D eigenvalue weighted by Crippen LogP contribution is -2.38. The van der Waals surface area contributed by atoms with Crippen LogP contribution in [0, 0.1) is 5.92 Å². The zero-order valence-corrected chi connectivity index (χ0v) is 15.7. The van der Waals surface area contributed by atoms with Crippen LogP contribution in [0.2, 0.25) is 0 Å². The van der Waals surface area contributed by atoms with Crippen LogP contribution in [0.15, 0.2) is 41.8 Å². The fraction of sp³-hybridized carbons (Fsp3) is 0.389. The van der Waals surface area contributed by atoms with E-state index in [-0.39, 0.29) is 5.91 Å². The second kappa shape index (κ2) is 7.17. The van der Waals surface area contributed by atoms with Gasteiger partial charge < -0.3 is 9.47 Å². The number of aromatic nitrogens is 3. The Morgan fingerprint density at radius 2 is 2.12 bits per heavy atom. The van der Waals surface area contributed by atoms with Crippen molar-refractivity contribution in [3.8, 4) is 0 Å². The zero-order chi connectivity index (χ0) is 17.2. The maximum Gasteiger partial charge on any atom is 0.282 e. The number of thioether (sulfide) groups is 1. The standard InChI is InChI=1S/C18H20N4OS2/c1-21-11-8-19-18(21)24-12-13-6-9-22(10-7-13)17(23)16-20-14-4-2-3-5-15(14)25-16/h2-5,8,11,13H,6-7,9-10,12H2,1H3. The minimum Gasteiger partial charge on any atom is -0.337 e. The van der Waals surface area contributed by atoms with Gasteiger partial charge in [-0.15, -0.1) is 11.3 Å². The van der Waals surface area contributed by atoms with Crippen molar-refractivity contribution in [3.05, 3.63) is 41.7 Å². The fourth-order valence-electron chi connectivity index (χ4n) is 3.09. The molecule has 4 rings (SSSR count). The van der Waals surface area contributed by atoms with Crippen LogP contribution >= 0.6 is 23.1 Å². The molecule has 0 bridgehead atoms. The molecule has 1 saturated heterocycles. The van der Waals surface area contributed by atoms with Crippen LogP contribution in [0.25, 0.3) is 10.2 Å². The number of thiazole rings is 1. The Bertz CT molecular complexity index is 847. The number of carbonyl (C=O) groups excluding carboxylic acids is 1. The number of imidazole rings is 1. The number of carbonyl (C=O) groups is 1. The summed E-state index contributed by atoms with van der Waals surface area (Å²) in [5.74, 6) is 1.78. The van der Waals surface area contributed by atoms with Gasteiger partial charge in [0.1, 0.15) is 0 Å². The summed E-state index contributed by atoms with van der Waals surface area (Å²) >= 11 is 3.30. The number of aryl methyl sites for hydroxylation is 1. The molecule has 7 heteroatoms. The molecule has 0 atom stereocenters. The average Bonchev–Trinajstić information content (AvgIpc) is 3.25. The quantitative estimate of drug-likeness (QED) is 0.656. The van der Waals surface area contributed by atoms with Gasteiger partial charge in [0.05, 0.1) is 10.2 Å². The molecule has 3 aromatic rings. The topological polar surface area (TPSA) is 51.0 Å². The summed E-state index contributed by atoms with van der Waals surface area (Å²) in [5.41, 5.74) is 0.914. The number of rotatable bonds is 4. The van der Waals surface area contributed by atoms with Gasteiger partial charge in [-0.25, -0.2) is 9.97 Å². The number of hydrogen-bond acceptors (Lipinski definition) is 5. The number of nitrogens with zero attached hydrogens (tertiary/aromatic N) is 4. The summed E-state index contributed by atoms with van der Waals surface area (Å²) in [6, 6.07) is 7.93. The molecule has 0 aliphatic carbocycles. The van der Waals surface area contributed by atoms with E-state index in [0.29, 0.717) is 10.9 Å². The first-order valence-corrected chi connectivity index (χ1v) is 10.3. The number of benzene rings is 1. The van der Waals surface area contributed by atoms with Crippen molar-refractivity contribution in [3.63, 3.8) is 0 Å². The molecule has 0 N–H and O–H groups in total. The molecule has 3 heterocycles. The number of amides is 1. The van der Waals surface area contributed by atoms with Crippen LogP contribution in [0.3, 0.4) is 0 Å². The van der Waals surface area contributed by atoms with Gasteiger partial charge in [0.2, 0.25) is 0 Å². The smallest absolute Gasteiger partial charge is 0.282 e. The van der Waals surface area contributed by atoms with Gasteiger partial charge in [0.15, 0.2) is 10.2 Å². The Balaban J connectivity index is 1.33. The summed E-state index contributed by atoms with van der Waals surface area (Å²) in [6.07, 6.45) is 5.91. The number of fused-ring (bicyclic) bond motifs is 1. The molecule has 1 amide bonds. The first-order chi connectivity index (χ1) is 12.2. The van der Waals surface area contributed by atoms with Gasteiger partial charge in [0, 0.05) is 38.3 Å². The van der Waals surface area contributed by atoms with Crippen LogP contribution in [0.5, 0.6) is 0 Å². The molecule has 130 valence electrons. The van der Waals surface area contributed by atoms with Gasteiger partial charge >= 0.3 is 0 Å². The highest BCUT2D eigenvalue weighted by Gasteiger charge is 2.25. The molecule has 0 spiro atoms. The van der Waals surface area contributed by atoms with Crippen molar-refractivity contribution < 1.29 is 4.79 Å².